The normalized spacial score (nSPS) is 11.6. The monoisotopic (exact) mass is 487 g/mol. The highest BCUT2D eigenvalue weighted by Gasteiger charge is 2.20. The van der Waals surface area contributed by atoms with E-state index in [9.17, 15) is 9.59 Å². The minimum Gasteiger partial charge on any atom is -0.465 e. The average Bonchev–Trinajstić information content (AvgIpc) is 3.31. The number of benzene rings is 2. The van der Waals surface area contributed by atoms with Crippen LogP contribution >= 0.6 is 0 Å². The average molecular weight is 488 g/mol. The molecular formula is C26H29N7O3. The lowest BCUT2D eigenvalue weighted by Gasteiger charge is -2.22. The van der Waals surface area contributed by atoms with Crippen molar-refractivity contribution >= 4 is 34.7 Å². The van der Waals surface area contributed by atoms with Crippen LogP contribution in [-0.2, 0) is 9.53 Å². The molecule has 0 aliphatic heterocycles. The molecule has 2 aromatic heterocycles. The van der Waals surface area contributed by atoms with Crippen molar-refractivity contribution in [2.45, 2.75) is 26.8 Å². The molecule has 1 atom stereocenters. The molecule has 0 bridgehead atoms. The van der Waals surface area contributed by atoms with Gasteiger partial charge >= 0.3 is 12.0 Å². The van der Waals surface area contributed by atoms with Gasteiger partial charge in [0, 0.05) is 18.4 Å². The molecule has 10 nitrogen and oxygen atoms in total. The van der Waals surface area contributed by atoms with Gasteiger partial charge in [-0.2, -0.15) is 4.98 Å². The Morgan fingerprint density at radius 2 is 1.89 bits per heavy atom. The van der Waals surface area contributed by atoms with Crippen LogP contribution in [0.15, 0.2) is 67.1 Å². The second-order valence-electron chi connectivity index (χ2n) is 8.03. The van der Waals surface area contributed by atoms with Crippen molar-refractivity contribution in [2.24, 2.45) is 0 Å². The summed E-state index contributed by atoms with van der Waals surface area (Å²) in [6.45, 7) is 6.07. The van der Waals surface area contributed by atoms with Crippen molar-refractivity contribution in [1.29, 1.82) is 0 Å². The first-order valence-electron chi connectivity index (χ1n) is 11.8. The number of aromatic nitrogens is 4. The quantitative estimate of drug-likeness (QED) is 0.342. The van der Waals surface area contributed by atoms with Crippen molar-refractivity contribution in [3.63, 3.8) is 0 Å². The molecule has 0 aliphatic carbocycles. The number of carbonyl (C=O) groups is 2. The van der Waals surface area contributed by atoms with E-state index in [2.05, 4.69) is 44.6 Å². The zero-order valence-electron chi connectivity index (χ0n) is 20.5. The zero-order chi connectivity index (χ0) is 25.5. The van der Waals surface area contributed by atoms with Crippen molar-refractivity contribution in [3.8, 4) is 5.82 Å². The number of anilines is 2. The summed E-state index contributed by atoms with van der Waals surface area (Å²) in [5, 5.41) is 6.07. The van der Waals surface area contributed by atoms with Crippen molar-refractivity contribution in [3.05, 3.63) is 72.7 Å². The Kier molecular flexibility index (Phi) is 7.74. The topological polar surface area (TPSA) is 114 Å². The van der Waals surface area contributed by atoms with E-state index in [1.54, 1.807) is 37.6 Å². The van der Waals surface area contributed by atoms with Gasteiger partial charge in [-0.1, -0.05) is 30.3 Å². The highest BCUT2D eigenvalue weighted by Crippen LogP contribution is 2.24. The van der Waals surface area contributed by atoms with E-state index < -0.39 is 5.97 Å². The standard InChI is InChI=1S/C26H29N7O3/c1-4-27-26(35)32(16-24(34)36-5-2)20-11-12-22-21(15-20)29-17-33(22)23-13-14-28-25(31-23)30-18(3)19-9-7-6-8-10-19/h6-15,17-18H,4-5,16H2,1-3H3,(H,27,35)(H,28,30,31). The van der Waals surface area contributed by atoms with E-state index in [1.165, 1.54) is 4.90 Å². The lowest BCUT2D eigenvalue weighted by Crippen LogP contribution is -2.43. The molecule has 2 amide bonds. The minimum absolute atomic E-state index is 0.0307. The molecule has 0 aliphatic rings. The largest absolute Gasteiger partial charge is 0.465 e. The Morgan fingerprint density at radius 1 is 1.08 bits per heavy atom. The fourth-order valence-electron chi connectivity index (χ4n) is 3.79. The van der Waals surface area contributed by atoms with Gasteiger partial charge in [0.2, 0.25) is 5.95 Å². The van der Waals surface area contributed by atoms with E-state index in [4.69, 9.17) is 4.74 Å². The van der Waals surface area contributed by atoms with Crippen LogP contribution in [0.25, 0.3) is 16.9 Å². The van der Waals surface area contributed by atoms with Gasteiger partial charge in [-0.25, -0.2) is 14.8 Å². The lowest BCUT2D eigenvalue weighted by atomic mass is 10.1. The summed E-state index contributed by atoms with van der Waals surface area (Å²) in [6, 6.07) is 16.9. The van der Waals surface area contributed by atoms with Crippen molar-refractivity contribution < 1.29 is 14.3 Å². The molecule has 1 unspecified atom stereocenters. The Bertz CT molecular complexity index is 1340. The lowest BCUT2D eigenvalue weighted by molar-refractivity contribution is -0.141. The maximum Gasteiger partial charge on any atom is 0.326 e. The third kappa shape index (κ3) is 5.60. The summed E-state index contributed by atoms with van der Waals surface area (Å²) in [5.74, 6) is 0.661. The Hall–Kier alpha value is -4.47. The smallest absolute Gasteiger partial charge is 0.326 e. The van der Waals surface area contributed by atoms with Crippen LogP contribution in [0.4, 0.5) is 16.4 Å². The Balaban J connectivity index is 1.60. The number of amides is 2. The molecule has 2 aromatic carbocycles. The van der Waals surface area contributed by atoms with Gasteiger partial charge in [-0.15, -0.1) is 0 Å². The van der Waals surface area contributed by atoms with E-state index in [0.717, 1.165) is 11.1 Å². The molecule has 0 radical (unpaired) electrons. The third-order valence-electron chi connectivity index (χ3n) is 5.54. The highest BCUT2D eigenvalue weighted by atomic mass is 16.5. The number of fused-ring (bicyclic) bond motifs is 1. The molecule has 0 spiro atoms. The fourth-order valence-corrected chi connectivity index (χ4v) is 3.79. The molecule has 0 saturated carbocycles. The van der Waals surface area contributed by atoms with Crippen LogP contribution in [0, 0.1) is 0 Å². The first-order valence-corrected chi connectivity index (χ1v) is 11.8. The van der Waals surface area contributed by atoms with Crippen LogP contribution in [0.1, 0.15) is 32.4 Å². The number of urea groups is 1. The number of hydrogen-bond acceptors (Lipinski definition) is 7. The summed E-state index contributed by atoms with van der Waals surface area (Å²) in [5.41, 5.74) is 3.11. The first-order chi connectivity index (χ1) is 17.5. The second-order valence-corrected chi connectivity index (χ2v) is 8.03. The van der Waals surface area contributed by atoms with Gasteiger partial charge in [0.05, 0.1) is 23.7 Å². The molecular weight excluding hydrogens is 458 g/mol. The maximum absolute atomic E-state index is 12.6. The second kappa shape index (κ2) is 11.3. The van der Waals surface area contributed by atoms with Crippen LogP contribution in [-0.4, -0.2) is 51.2 Å². The van der Waals surface area contributed by atoms with Crippen LogP contribution in [0.3, 0.4) is 0 Å². The third-order valence-corrected chi connectivity index (χ3v) is 5.54. The molecule has 2 N–H and O–H groups in total. The van der Waals surface area contributed by atoms with Crippen LogP contribution in [0.5, 0.6) is 0 Å². The summed E-state index contributed by atoms with van der Waals surface area (Å²) in [4.78, 5) is 39.6. The van der Waals surface area contributed by atoms with Crippen LogP contribution < -0.4 is 15.5 Å². The van der Waals surface area contributed by atoms with E-state index in [1.807, 2.05) is 35.8 Å². The SMILES string of the molecule is CCNC(=O)N(CC(=O)OCC)c1ccc2c(c1)ncn2-c1ccnc(NC(C)c2ccccc2)n1. The number of esters is 1. The molecule has 2 heterocycles. The highest BCUT2D eigenvalue weighted by molar-refractivity contribution is 5.98. The van der Waals surface area contributed by atoms with Gasteiger partial charge in [-0.05, 0) is 50.6 Å². The van der Waals surface area contributed by atoms with E-state index in [0.29, 0.717) is 29.5 Å². The summed E-state index contributed by atoms with van der Waals surface area (Å²) < 4.78 is 6.89. The fraction of sp³-hybridized carbons (Fsp3) is 0.269. The molecule has 186 valence electrons. The van der Waals surface area contributed by atoms with E-state index in [-0.39, 0.29) is 25.2 Å². The number of hydrogen-bond donors (Lipinski definition) is 2. The maximum atomic E-state index is 12.6. The van der Waals surface area contributed by atoms with Crippen LogP contribution in [0.2, 0.25) is 0 Å². The summed E-state index contributed by atoms with van der Waals surface area (Å²) >= 11 is 0. The van der Waals surface area contributed by atoms with Gasteiger partial charge in [0.1, 0.15) is 18.7 Å². The number of nitrogens with zero attached hydrogens (tertiary/aromatic N) is 5. The predicted octanol–water partition coefficient (Wildman–Crippen LogP) is 4.09. The van der Waals surface area contributed by atoms with Gasteiger partial charge in [0.15, 0.2) is 0 Å². The van der Waals surface area contributed by atoms with Crippen molar-refractivity contribution in [2.75, 3.05) is 29.9 Å². The van der Waals surface area contributed by atoms with E-state index >= 15 is 0 Å². The van der Waals surface area contributed by atoms with Gasteiger partial charge in [-0.3, -0.25) is 14.3 Å². The molecule has 0 fully saturated rings. The number of rotatable bonds is 9. The number of carbonyl (C=O) groups excluding carboxylic acids is 2. The molecule has 10 heteroatoms. The Morgan fingerprint density at radius 3 is 2.64 bits per heavy atom. The zero-order valence-corrected chi connectivity index (χ0v) is 20.5. The van der Waals surface area contributed by atoms with Crippen molar-refractivity contribution in [1.82, 2.24) is 24.8 Å². The Labute approximate surface area is 209 Å². The predicted molar refractivity (Wildman–Crippen MR) is 138 cm³/mol. The molecule has 36 heavy (non-hydrogen) atoms. The van der Waals surface area contributed by atoms with Gasteiger partial charge < -0.3 is 15.4 Å². The minimum atomic E-state index is -0.486. The first kappa shape index (κ1) is 24.6. The number of imidazole rings is 1. The molecule has 0 saturated heterocycles. The summed E-state index contributed by atoms with van der Waals surface area (Å²) in [7, 11) is 0. The van der Waals surface area contributed by atoms with Gasteiger partial charge in [0.25, 0.3) is 0 Å². The number of nitrogens with one attached hydrogen (secondary N) is 2. The summed E-state index contributed by atoms with van der Waals surface area (Å²) in [6.07, 6.45) is 3.36. The number of ether oxygens (including phenoxy) is 1. The molecule has 4 aromatic rings. The molecule has 4 rings (SSSR count).